The van der Waals surface area contributed by atoms with Crippen molar-refractivity contribution in [2.24, 2.45) is 0 Å². The first kappa shape index (κ1) is 20.7. The van der Waals surface area contributed by atoms with Crippen LogP contribution in [0.1, 0.15) is 11.1 Å². The molecule has 7 rings (SSSR count). The lowest BCUT2D eigenvalue weighted by atomic mass is 9.95. The molecule has 0 amide bonds. The predicted molar refractivity (Wildman–Crippen MR) is 151 cm³/mol. The van der Waals surface area contributed by atoms with Gasteiger partial charge in [-0.05, 0) is 44.7 Å². The zero-order chi connectivity index (χ0) is 23.9. The van der Waals surface area contributed by atoms with Crippen molar-refractivity contribution in [2.45, 2.75) is 6.42 Å². The molecule has 0 aliphatic heterocycles. The summed E-state index contributed by atoms with van der Waals surface area (Å²) in [6, 6.07) is 47.4. The number of hydrogen-bond donors (Lipinski definition) is 0. The van der Waals surface area contributed by atoms with Crippen LogP contribution < -0.4 is 0 Å². The molecule has 0 unspecified atom stereocenters. The van der Waals surface area contributed by atoms with Crippen molar-refractivity contribution < 1.29 is 4.42 Å². The standard InChI is InChI=1S/C35H24O/c1-3-12-25(13-4-1)27-17-9-11-24(21-27)22-29-18-10-20-31-33-30-19-8-7-16-28(30)23-32(35(33)36-34(29)31)26-14-5-2-6-15-26/h1-21,23H,22H2. The molecule has 1 nitrogen and oxygen atoms in total. The highest BCUT2D eigenvalue weighted by Crippen LogP contribution is 2.42. The molecular weight excluding hydrogens is 436 g/mol. The summed E-state index contributed by atoms with van der Waals surface area (Å²) < 4.78 is 6.76. The second kappa shape index (κ2) is 8.55. The average molecular weight is 461 g/mol. The van der Waals surface area contributed by atoms with Crippen molar-refractivity contribution in [1.82, 2.24) is 0 Å². The first-order valence-electron chi connectivity index (χ1n) is 12.4. The Kier molecular flexibility index (Phi) is 4.92. The molecule has 0 aliphatic rings. The van der Waals surface area contributed by atoms with E-state index in [0.29, 0.717) is 0 Å². The Morgan fingerprint density at radius 1 is 0.472 bits per heavy atom. The van der Waals surface area contributed by atoms with Crippen molar-refractivity contribution in [3.63, 3.8) is 0 Å². The minimum absolute atomic E-state index is 0.816. The van der Waals surface area contributed by atoms with E-state index in [1.165, 1.54) is 49.4 Å². The van der Waals surface area contributed by atoms with E-state index < -0.39 is 0 Å². The fourth-order valence-corrected chi connectivity index (χ4v) is 5.39. The molecule has 0 fully saturated rings. The molecule has 1 heteroatoms. The maximum absolute atomic E-state index is 6.76. The molecular formula is C35H24O. The zero-order valence-corrected chi connectivity index (χ0v) is 19.8. The van der Waals surface area contributed by atoms with Gasteiger partial charge in [-0.15, -0.1) is 0 Å². The summed E-state index contributed by atoms with van der Waals surface area (Å²) in [4.78, 5) is 0. The van der Waals surface area contributed by atoms with Crippen LogP contribution in [0.4, 0.5) is 0 Å². The summed E-state index contributed by atoms with van der Waals surface area (Å²) in [6.07, 6.45) is 0.816. The molecule has 0 bridgehead atoms. The Labute approximate surface area is 210 Å². The van der Waals surface area contributed by atoms with Crippen molar-refractivity contribution in [1.29, 1.82) is 0 Å². The zero-order valence-electron chi connectivity index (χ0n) is 19.8. The van der Waals surface area contributed by atoms with Crippen molar-refractivity contribution in [3.8, 4) is 22.3 Å². The lowest BCUT2D eigenvalue weighted by molar-refractivity contribution is 0.665. The van der Waals surface area contributed by atoms with E-state index in [1.54, 1.807) is 0 Å². The normalized spacial score (nSPS) is 11.4. The summed E-state index contributed by atoms with van der Waals surface area (Å²) in [5, 5.41) is 4.83. The van der Waals surface area contributed by atoms with E-state index in [-0.39, 0.29) is 0 Å². The maximum Gasteiger partial charge on any atom is 0.143 e. The van der Waals surface area contributed by atoms with E-state index in [4.69, 9.17) is 4.42 Å². The summed E-state index contributed by atoms with van der Waals surface area (Å²) in [7, 11) is 0. The number of para-hydroxylation sites is 1. The fourth-order valence-electron chi connectivity index (χ4n) is 5.39. The molecule has 6 aromatic carbocycles. The predicted octanol–water partition coefficient (Wildman–Crippen LogP) is 9.66. The van der Waals surface area contributed by atoms with Crippen LogP contribution in [0, 0.1) is 0 Å². The maximum atomic E-state index is 6.76. The van der Waals surface area contributed by atoms with E-state index >= 15 is 0 Å². The van der Waals surface area contributed by atoms with Crippen LogP contribution in [-0.4, -0.2) is 0 Å². The SMILES string of the molecule is c1ccc(-c2cccc(Cc3cccc4c3oc3c(-c5ccccc5)cc5ccccc5c34)c2)cc1. The molecule has 0 N–H and O–H groups in total. The van der Waals surface area contributed by atoms with Gasteiger partial charge in [-0.3, -0.25) is 0 Å². The van der Waals surface area contributed by atoms with Crippen molar-refractivity contribution in [2.75, 3.05) is 0 Å². The first-order valence-corrected chi connectivity index (χ1v) is 12.4. The minimum Gasteiger partial charge on any atom is -0.455 e. The number of rotatable bonds is 4. The number of benzene rings is 6. The highest BCUT2D eigenvalue weighted by atomic mass is 16.3. The minimum atomic E-state index is 0.816. The highest BCUT2D eigenvalue weighted by molar-refractivity contribution is 6.22. The molecule has 170 valence electrons. The van der Waals surface area contributed by atoms with Gasteiger partial charge in [0.1, 0.15) is 11.2 Å². The molecule has 1 aromatic heterocycles. The Bertz CT molecular complexity index is 1840. The second-order valence-corrected chi connectivity index (χ2v) is 9.35. The lowest BCUT2D eigenvalue weighted by Crippen LogP contribution is -1.89. The van der Waals surface area contributed by atoms with Crippen molar-refractivity contribution >= 4 is 32.7 Å². The van der Waals surface area contributed by atoms with Gasteiger partial charge < -0.3 is 4.42 Å². The first-order chi connectivity index (χ1) is 17.8. The largest absolute Gasteiger partial charge is 0.455 e. The summed E-state index contributed by atoms with van der Waals surface area (Å²) in [6.45, 7) is 0. The topological polar surface area (TPSA) is 13.1 Å². The third-order valence-electron chi connectivity index (χ3n) is 7.09. The molecule has 0 radical (unpaired) electrons. The van der Waals surface area contributed by atoms with E-state index in [2.05, 4.69) is 133 Å². The molecule has 7 aromatic rings. The smallest absolute Gasteiger partial charge is 0.143 e. The van der Waals surface area contributed by atoms with Gasteiger partial charge in [-0.2, -0.15) is 0 Å². The van der Waals surface area contributed by atoms with E-state index in [9.17, 15) is 0 Å². The molecule has 0 spiro atoms. The van der Waals surface area contributed by atoms with Crippen LogP contribution >= 0.6 is 0 Å². The van der Waals surface area contributed by atoms with Gasteiger partial charge in [-0.25, -0.2) is 0 Å². The van der Waals surface area contributed by atoms with Crippen molar-refractivity contribution in [3.05, 3.63) is 145 Å². The van der Waals surface area contributed by atoms with Gasteiger partial charge >= 0.3 is 0 Å². The quantitative estimate of drug-likeness (QED) is 0.255. The number of fused-ring (bicyclic) bond motifs is 5. The number of furan rings is 1. The van der Waals surface area contributed by atoms with Crippen LogP contribution in [0.3, 0.4) is 0 Å². The summed E-state index contributed by atoms with van der Waals surface area (Å²) in [5.41, 5.74) is 9.20. The van der Waals surface area contributed by atoms with Gasteiger partial charge in [0, 0.05) is 22.8 Å². The van der Waals surface area contributed by atoms with E-state index in [1.807, 2.05) is 0 Å². The van der Waals surface area contributed by atoms with Crippen LogP contribution in [-0.2, 0) is 6.42 Å². The van der Waals surface area contributed by atoms with Crippen LogP contribution in [0.5, 0.6) is 0 Å². The molecule has 0 aliphatic carbocycles. The lowest BCUT2D eigenvalue weighted by Gasteiger charge is -2.07. The number of hydrogen-bond acceptors (Lipinski definition) is 1. The Balaban J connectivity index is 1.43. The van der Waals surface area contributed by atoms with Gasteiger partial charge in [0.15, 0.2) is 0 Å². The van der Waals surface area contributed by atoms with Gasteiger partial charge in [0.25, 0.3) is 0 Å². The van der Waals surface area contributed by atoms with Crippen LogP contribution in [0.15, 0.2) is 138 Å². The molecule has 36 heavy (non-hydrogen) atoms. The van der Waals surface area contributed by atoms with Crippen LogP contribution in [0.2, 0.25) is 0 Å². The fraction of sp³-hybridized carbons (Fsp3) is 0.0286. The van der Waals surface area contributed by atoms with Gasteiger partial charge in [0.2, 0.25) is 0 Å². The molecule has 0 saturated heterocycles. The van der Waals surface area contributed by atoms with Gasteiger partial charge in [0.05, 0.1) is 0 Å². The average Bonchev–Trinajstić information content (AvgIpc) is 3.35. The monoisotopic (exact) mass is 460 g/mol. The summed E-state index contributed by atoms with van der Waals surface area (Å²) in [5.74, 6) is 0. The van der Waals surface area contributed by atoms with E-state index in [0.717, 1.165) is 23.2 Å². The Hall–Kier alpha value is -4.62. The Morgan fingerprint density at radius 3 is 1.97 bits per heavy atom. The molecule has 0 saturated carbocycles. The van der Waals surface area contributed by atoms with Crippen LogP contribution in [0.25, 0.3) is 55.0 Å². The second-order valence-electron chi connectivity index (χ2n) is 9.35. The molecule has 0 atom stereocenters. The third kappa shape index (κ3) is 3.49. The highest BCUT2D eigenvalue weighted by Gasteiger charge is 2.18. The summed E-state index contributed by atoms with van der Waals surface area (Å²) >= 11 is 0. The Morgan fingerprint density at radius 2 is 1.14 bits per heavy atom. The third-order valence-corrected chi connectivity index (χ3v) is 7.09. The van der Waals surface area contributed by atoms with Gasteiger partial charge in [-0.1, -0.05) is 127 Å². The molecule has 1 heterocycles.